The van der Waals surface area contributed by atoms with Crippen LogP contribution in [0.15, 0.2) is 24.3 Å². The minimum atomic E-state index is -0.512. The summed E-state index contributed by atoms with van der Waals surface area (Å²) < 4.78 is 0. The number of amides is 1. The van der Waals surface area contributed by atoms with Gasteiger partial charge in [-0.1, -0.05) is 38.1 Å². The van der Waals surface area contributed by atoms with Gasteiger partial charge in [0.05, 0.1) is 5.41 Å². The molecule has 0 saturated heterocycles. The number of hydrogen-bond acceptors (Lipinski definition) is 2. The summed E-state index contributed by atoms with van der Waals surface area (Å²) in [6, 6.07) is 8.23. The molecule has 0 bridgehead atoms. The molecule has 1 aromatic rings. The minimum absolute atomic E-state index is 0. The molecule has 0 aromatic heterocycles. The van der Waals surface area contributed by atoms with Crippen LogP contribution in [0, 0.1) is 12.8 Å². The number of aryl methyl sites for hydroxylation is 1. The lowest BCUT2D eigenvalue weighted by Gasteiger charge is -2.31. The van der Waals surface area contributed by atoms with Crippen LogP contribution in [-0.4, -0.2) is 30.4 Å². The number of carbonyl (C=O) groups is 1. The van der Waals surface area contributed by atoms with Crippen molar-refractivity contribution >= 4 is 18.3 Å². The van der Waals surface area contributed by atoms with E-state index in [0.717, 1.165) is 17.5 Å². The molecule has 1 rings (SSSR count). The van der Waals surface area contributed by atoms with Crippen molar-refractivity contribution in [3.8, 4) is 0 Å². The fraction of sp³-hybridized carbons (Fsp3) is 0.611. The molecule has 0 aliphatic heterocycles. The predicted molar refractivity (Wildman–Crippen MR) is 96.5 cm³/mol. The first kappa shape index (κ1) is 20.9. The molecular formula is C18H31ClN2O. The Labute approximate surface area is 141 Å². The summed E-state index contributed by atoms with van der Waals surface area (Å²) in [5.74, 6) is 0.589. The van der Waals surface area contributed by atoms with Crippen molar-refractivity contribution < 1.29 is 4.79 Å². The van der Waals surface area contributed by atoms with Crippen LogP contribution in [0.1, 0.15) is 45.2 Å². The van der Waals surface area contributed by atoms with Crippen LogP contribution in [0.3, 0.4) is 0 Å². The van der Waals surface area contributed by atoms with Crippen LogP contribution < -0.4 is 5.73 Å². The summed E-state index contributed by atoms with van der Waals surface area (Å²) in [6.45, 7) is 11.0. The number of carbonyl (C=O) groups excluding carboxylic acids is 1. The van der Waals surface area contributed by atoms with Crippen molar-refractivity contribution in [3.63, 3.8) is 0 Å². The van der Waals surface area contributed by atoms with Crippen LogP contribution in [0.2, 0.25) is 0 Å². The molecule has 0 aliphatic rings. The second kappa shape index (κ2) is 8.54. The lowest BCUT2D eigenvalue weighted by molar-refractivity contribution is -0.135. The lowest BCUT2D eigenvalue weighted by Crippen LogP contribution is -2.43. The highest BCUT2D eigenvalue weighted by atomic mass is 35.5. The molecule has 4 heteroatoms. The maximum Gasteiger partial charge on any atom is 0.232 e. The van der Waals surface area contributed by atoms with Crippen molar-refractivity contribution in [2.75, 3.05) is 13.6 Å². The first-order valence-corrected chi connectivity index (χ1v) is 7.75. The van der Waals surface area contributed by atoms with Crippen molar-refractivity contribution in [2.24, 2.45) is 11.7 Å². The van der Waals surface area contributed by atoms with E-state index in [2.05, 4.69) is 26.8 Å². The third-order valence-corrected chi connectivity index (χ3v) is 4.35. The maximum atomic E-state index is 12.8. The fourth-order valence-electron chi connectivity index (χ4n) is 2.64. The number of likely N-dealkylation sites (N-methyl/N-ethyl adjacent to an activating group) is 1. The Morgan fingerprint density at radius 3 is 2.32 bits per heavy atom. The molecule has 1 amide bonds. The van der Waals surface area contributed by atoms with Crippen LogP contribution in [-0.2, 0) is 10.2 Å². The summed E-state index contributed by atoms with van der Waals surface area (Å²) in [4.78, 5) is 14.6. The standard InChI is InChI=1S/C18H30N2O.ClH/c1-13(2)16(19)11-12-20(6)17(21)18(4,5)15-10-8-7-9-14(15)3;/h7-10,13,16H,11-12,19H2,1-6H3;1H. The lowest BCUT2D eigenvalue weighted by atomic mass is 9.80. The maximum absolute atomic E-state index is 12.8. The van der Waals surface area contributed by atoms with E-state index in [9.17, 15) is 4.79 Å². The van der Waals surface area contributed by atoms with Crippen LogP contribution >= 0.6 is 12.4 Å². The molecule has 0 spiro atoms. The van der Waals surface area contributed by atoms with Gasteiger partial charge < -0.3 is 10.6 Å². The van der Waals surface area contributed by atoms with Gasteiger partial charge in [0.15, 0.2) is 0 Å². The van der Waals surface area contributed by atoms with E-state index in [0.29, 0.717) is 12.5 Å². The summed E-state index contributed by atoms with van der Waals surface area (Å²) >= 11 is 0. The topological polar surface area (TPSA) is 46.3 Å². The average Bonchev–Trinajstić information content (AvgIpc) is 2.43. The number of nitrogens with two attached hydrogens (primary N) is 1. The summed E-state index contributed by atoms with van der Waals surface area (Å²) in [5.41, 5.74) is 7.81. The monoisotopic (exact) mass is 326 g/mol. The highest BCUT2D eigenvalue weighted by Crippen LogP contribution is 2.28. The Hall–Kier alpha value is -1.06. The molecule has 0 aliphatic carbocycles. The normalized spacial score (nSPS) is 12.7. The van der Waals surface area contributed by atoms with Crippen molar-refractivity contribution in [1.82, 2.24) is 4.90 Å². The van der Waals surface area contributed by atoms with Crippen molar-refractivity contribution in [1.29, 1.82) is 0 Å². The smallest absolute Gasteiger partial charge is 0.232 e. The van der Waals surface area contributed by atoms with E-state index in [1.54, 1.807) is 0 Å². The SMILES string of the molecule is Cc1ccccc1C(C)(C)C(=O)N(C)CCC(N)C(C)C.Cl. The minimum Gasteiger partial charge on any atom is -0.345 e. The Morgan fingerprint density at radius 1 is 1.27 bits per heavy atom. The Morgan fingerprint density at radius 2 is 1.82 bits per heavy atom. The third-order valence-electron chi connectivity index (χ3n) is 4.35. The van der Waals surface area contributed by atoms with Crippen molar-refractivity contribution in [2.45, 2.75) is 52.5 Å². The van der Waals surface area contributed by atoms with Gasteiger partial charge in [-0.05, 0) is 44.2 Å². The highest BCUT2D eigenvalue weighted by Gasteiger charge is 2.33. The van der Waals surface area contributed by atoms with Gasteiger partial charge in [0.25, 0.3) is 0 Å². The predicted octanol–water partition coefficient (Wildman–Crippen LogP) is 3.53. The van der Waals surface area contributed by atoms with Gasteiger partial charge in [-0.25, -0.2) is 0 Å². The molecule has 126 valence electrons. The van der Waals surface area contributed by atoms with E-state index in [1.165, 1.54) is 0 Å². The zero-order valence-corrected chi connectivity index (χ0v) is 15.5. The second-order valence-corrected chi connectivity index (χ2v) is 6.86. The number of halogens is 1. The number of nitrogens with zero attached hydrogens (tertiary/aromatic N) is 1. The van der Waals surface area contributed by atoms with E-state index in [1.807, 2.05) is 44.0 Å². The fourth-order valence-corrected chi connectivity index (χ4v) is 2.64. The summed E-state index contributed by atoms with van der Waals surface area (Å²) in [7, 11) is 1.87. The average molecular weight is 327 g/mol. The molecule has 0 radical (unpaired) electrons. The van der Waals surface area contributed by atoms with E-state index in [4.69, 9.17) is 5.73 Å². The van der Waals surface area contributed by atoms with Gasteiger partial charge in [0, 0.05) is 19.6 Å². The van der Waals surface area contributed by atoms with Gasteiger partial charge >= 0.3 is 0 Å². The van der Waals surface area contributed by atoms with Gasteiger partial charge in [-0.15, -0.1) is 12.4 Å². The Balaban J connectivity index is 0.00000441. The number of rotatable bonds is 6. The summed E-state index contributed by atoms with van der Waals surface area (Å²) in [5, 5.41) is 0. The van der Waals surface area contributed by atoms with Gasteiger partial charge in [-0.2, -0.15) is 0 Å². The molecule has 0 heterocycles. The largest absolute Gasteiger partial charge is 0.345 e. The molecular weight excluding hydrogens is 296 g/mol. The molecule has 1 unspecified atom stereocenters. The van der Waals surface area contributed by atoms with Gasteiger partial charge in [0.1, 0.15) is 0 Å². The Kier molecular flexibility index (Phi) is 8.13. The van der Waals surface area contributed by atoms with Crippen LogP contribution in [0.5, 0.6) is 0 Å². The number of hydrogen-bond donors (Lipinski definition) is 1. The summed E-state index contributed by atoms with van der Waals surface area (Å²) in [6.07, 6.45) is 0.837. The highest BCUT2D eigenvalue weighted by molar-refractivity contribution is 5.87. The molecule has 1 atom stereocenters. The molecule has 1 aromatic carbocycles. The first-order valence-electron chi connectivity index (χ1n) is 7.75. The van der Waals surface area contributed by atoms with Crippen LogP contribution in [0.25, 0.3) is 0 Å². The van der Waals surface area contributed by atoms with Crippen molar-refractivity contribution in [3.05, 3.63) is 35.4 Å². The zero-order chi connectivity index (χ0) is 16.2. The van der Waals surface area contributed by atoms with Gasteiger partial charge in [0.2, 0.25) is 5.91 Å². The number of benzene rings is 1. The third kappa shape index (κ3) is 4.99. The van der Waals surface area contributed by atoms with Crippen LogP contribution in [0.4, 0.5) is 0 Å². The molecule has 0 fully saturated rings. The Bertz CT molecular complexity index is 486. The zero-order valence-electron chi connectivity index (χ0n) is 14.7. The second-order valence-electron chi connectivity index (χ2n) is 6.86. The molecule has 3 nitrogen and oxygen atoms in total. The molecule has 2 N–H and O–H groups in total. The van der Waals surface area contributed by atoms with Gasteiger partial charge in [-0.3, -0.25) is 4.79 Å². The molecule has 0 saturated carbocycles. The van der Waals surface area contributed by atoms with E-state index < -0.39 is 5.41 Å². The van der Waals surface area contributed by atoms with E-state index >= 15 is 0 Å². The quantitative estimate of drug-likeness (QED) is 0.869. The molecule has 22 heavy (non-hydrogen) atoms. The first-order chi connectivity index (χ1) is 9.67. The van der Waals surface area contributed by atoms with E-state index in [-0.39, 0.29) is 24.4 Å².